The van der Waals surface area contributed by atoms with Crippen LogP contribution in [0.3, 0.4) is 0 Å². The summed E-state index contributed by atoms with van der Waals surface area (Å²) in [5.74, 6) is 1.96. The van der Waals surface area contributed by atoms with Crippen molar-refractivity contribution in [3.63, 3.8) is 0 Å². The normalized spacial score (nSPS) is 11.7. The molecule has 1 rings (SSSR count). The summed E-state index contributed by atoms with van der Waals surface area (Å²) in [6.07, 6.45) is 5.25. The molecule has 1 aromatic rings. The van der Waals surface area contributed by atoms with Crippen LogP contribution >= 0.6 is 0 Å². The van der Waals surface area contributed by atoms with Crippen LogP contribution in [0.15, 0.2) is 29.2 Å². The summed E-state index contributed by atoms with van der Waals surface area (Å²) < 4.78 is 22.3. The molecule has 0 atom stereocenters. The zero-order valence-electron chi connectivity index (χ0n) is 10.1. The number of hydrogen-bond donors (Lipinski definition) is 2. The molecule has 0 heterocycles. The fraction of sp³-hybridized carbons (Fsp3) is 0.250. The van der Waals surface area contributed by atoms with E-state index < -0.39 is 21.5 Å². The lowest BCUT2D eigenvalue weighted by Crippen LogP contribution is -2.42. The summed E-state index contributed by atoms with van der Waals surface area (Å²) in [5, 5.41) is 7.58. The summed E-state index contributed by atoms with van der Waals surface area (Å²) >= 11 is 0. The summed E-state index contributed by atoms with van der Waals surface area (Å²) in [4.78, 5) is 11.7. The van der Waals surface area contributed by atoms with Crippen LogP contribution in [0.25, 0.3) is 0 Å². The average molecular weight is 266 g/mol. The van der Waals surface area contributed by atoms with Gasteiger partial charge in [-0.1, -0.05) is 12.0 Å². The maximum Gasteiger partial charge on any atom is 0.252 e. The Balaban J connectivity index is 3.06. The maximum atomic E-state index is 11.9. The van der Waals surface area contributed by atoms with Gasteiger partial charge in [0, 0.05) is 5.56 Å². The highest BCUT2D eigenvalue weighted by Gasteiger charge is 2.19. The number of benzene rings is 1. The van der Waals surface area contributed by atoms with Crippen LogP contribution in [-0.4, -0.2) is 19.9 Å². The lowest BCUT2D eigenvalue weighted by Gasteiger charge is -2.19. The van der Waals surface area contributed by atoms with Crippen LogP contribution in [0.4, 0.5) is 0 Å². The van der Waals surface area contributed by atoms with Gasteiger partial charge in [-0.05, 0) is 32.0 Å². The number of hydrogen-bond acceptors (Lipinski definition) is 3. The third-order valence-electron chi connectivity index (χ3n) is 2.21. The van der Waals surface area contributed by atoms with Crippen molar-refractivity contribution in [3.05, 3.63) is 29.8 Å². The lowest BCUT2D eigenvalue weighted by molar-refractivity contribution is 0.0929. The molecule has 0 bridgehead atoms. The van der Waals surface area contributed by atoms with Gasteiger partial charge in [0.15, 0.2) is 0 Å². The number of carbonyl (C=O) groups excluding carboxylic acids is 1. The molecule has 0 aliphatic carbocycles. The third-order valence-corrected chi connectivity index (χ3v) is 3.12. The van der Waals surface area contributed by atoms with Crippen LogP contribution in [0, 0.1) is 12.3 Å². The van der Waals surface area contributed by atoms with Crippen molar-refractivity contribution in [2.45, 2.75) is 24.3 Å². The van der Waals surface area contributed by atoms with Crippen LogP contribution in [-0.2, 0) is 10.0 Å². The largest absolute Gasteiger partial charge is 0.336 e. The van der Waals surface area contributed by atoms with E-state index in [1.807, 2.05) is 0 Å². The first-order valence-corrected chi connectivity index (χ1v) is 6.63. The topological polar surface area (TPSA) is 89.3 Å². The molecular weight excluding hydrogens is 252 g/mol. The first kappa shape index (κ1) is 14.2. The molecule has 0 unspecified atom stereocenters. The predicted octanol–water partition coefficient (Wildman–Crippen LogP) is 0.476. The summed E-state index contributed by atoms with van der Waals surface area (Å²) in [5.41, 5.74) is -0.626. The molecule has 5 nitrogen and oxygen atoms in total. The van der Waals surface area contributed by atoms with Gasteiger partial charge in [-0.15, -0.1) is 6.42 Å². The highest BCUT2D eigenvalue weighted by atomic mass is 32.2. The van der Waals surface area contributed by atoms with Gasteiger partial charge < -0.3 is 5.32 Å². The number of nitrogens with one attached hydrogen (secondary N) is 1. The standard InChI is InChI=1S/C12H14N2O3S/c1-4-12(2,3)14-11(15)9-6-5-7-10(8-9)18(13,16)17/h1,5-8H,2-3H3,(H,14,15)(H2,13,16,17). The number of primary sulfonamides is 1. The summed E-state index contributed by atoms with van der Waals surface area (Å²) in [6.45, 7) is 3.32. The Bertz CT molecular complexity index is 612. The van der Waals surface area contributed by atoms with Gasteiger partial charge in [0.2, 0.25) is 10.0 Å². The molecule has 1 aromatic carbocycles. The molecule has 0 radical (unpaired) electrons. The van der Waals surface area contributed by atoms with E-state index in [0.29, 0.717) is 0 Å². The monoisotopic (exact) mass is 266 g/mol. The van der Waals surface area contributed by atoms with Gasteiger partial charge >= 0.3 is 0 Å². The molecule has 3 N–H and O–H groups in total. The zero-order valence-corrected chi connectivity index (χ0v) is 10.9. The molecule has 0 aliphatic heterocycles. The lowest BCUT2D eigenvalue weighted by atomic mass is 10.1. The maximum absolute atomic E-state index is 11.9. The molecule has 0 spiro atoms. The van der Waals surface area contributed by atoms with Crippen LogP contribution in [0.1, 0.15) is 24.2 Å². The Morgan fingerprint density at radius 1 is 1.44 bits per heavy atom. The first-order chi connectivity index (χ1) is 8.15. The van der Waals surface area contributed by atoms with E-state index in [0.717, 1.165) is 0 Å². The van der Waals surface area contributed by atoms with E-state index in [4.69, 9.17) is 11.6 Å². The molecule has 0 saturated heterocycles. The van der Waals surface area contributed by atoms with E-state index in [9.17, 15) is 13.2 Å². The fourth-order valence-electron chi connectivity index (χ4n) is 1.21. The van der Waals surface area contributed by atoms with E-state index in [1.54, 1.807) is 13.8 Å². The molecule has 96 valence electrons. The quantitative estimate of drug-likeness (QED) is 0.780. The molecular formula is C12H14N2O3S. The van der Waals surface area contributed by atoms with Crippen molar-refractivity contribution >= 4 is 15.9 Å². The van der Waals surface area contributed by atoms with Gasteiger partial charge in [0.25, 0.3) is 5.91 Å². The van der Waals surface area contributed by atoms with Gasteiger partial charge in [0.1, 0.15) is 0 Å². The number of amides is 1. The van der Waals surface area contributed by atoms with Crippen LogP contribution in [0.5, 0.6) is 0 Å². The first-order valence-electron chi connectivity index (χ1n) is 5.09. The number of rotatable bonds is 3. The molecule has 0 saturated carbocycles. The Labute approximate surface area is 106 Å². The van der Waals surface area contributed by atoms with E-state index in [-0.39, 0.29) is 10.5 Å². The minimum absolute atomic E-state index is 0.117. The SMILES string of the molecule is C#CC(C)(C)NC(=O)c1cccc(S(N)(=O)=O)c1. The summed E-state index contributed by atoms with van der Waals surface area (Å²) in [6, 6.07) is 5.45. The Morgan fingerprint density at radius 2 is 2.06 bits per heavy atom. The Morgan fingerprint density at radius 3 is 2.56 bits per heavy atom. The minimum Gasteiger partial charge on any atom is -0.336 e. The number of terminal acetylenes is 1. The van der Waals surface area contributed by atoms with Crippen molar-refractivity contribution in [2.75, 3.05) is 0 Å². The number of sulfonamides is 1. The molecule has 1 amide bonds. The average Bonchev–Trinajstić information content (AvgIpc) is 2.27. The van der Waals surface area contributed by atoms with Gasteiger partial charge in [-0.3, -0.25) is 4.79 Å². The summed E-state index contributed by atoms with van der Waals surface area (Å²) in [7, 11) is -3.83. The highest BCUT2D eigenvalue weighted by molar-refractivity contribution is 7.89. The molecule has 0 fully saturated rings. The second-order valence-corrected chi connectivity index (χ2v) is 5.86. The molecule has 6 heteroatoms. The second kappa shape index (κ2) is 4.80. The predicted molar refractivity (Wildman–Crippen MR) is 68.2 cm³/mol. The van der Waals surface area contributed by atoms with Crippen LogP contribution in [0.2, 0.25) is 0 Å². The van der Waals surface area contributed by atoms with E-state index in [2.05, 4.69) is 11.2 Å². The van der Waals surface area contributed by atoms with Crippen molar-refractivity contribution in [1.82, 2.24) is 5.32 Å². The fourth-order valence-corrected chi connectivity index (χ4v) is 1.77. The smallest absolute Gasteiger partial charge is 0.252 e. The van der Waals surface area contributed by atoms with Crippen molar-refractivity contribution in [1.29, 1.82) is 0 Å². The van der Waals surface area contributed by atoms with Crippen LogP contribution < -0.4 is 10.5 Å². The van der Waals surface area contributed by atoms with Crippen molar-refractivity contribution in [2.24, 2.45) is 5.14 Å². The molecule has 0 aromatic heterocycles. The second-order valence-electron chi connectivity index (χ2n) is 4.30. The zero-order chi connectivity index (χ0) is 14.0. The van der Waals surface area contributed by atoms with E-state index in [1.165, 1.54) is 24.3 Å². The Hall–Kier alpha value is -1.84. The van der Waals surface area contributed by atoms with Gasteiger partial charge in [-0.25, -0.2) is 13.6 Å². The van der Waals surface area contributed by atoms with E-state index >= 15 is 0 Å². The Kier molecular flexibility index (Phi) is 3.79. The van der Waals surface area contributed by atoms with Crippen molar-refractivity contribution < 1.29 is 13.2 Å². The highest BCUT2D eigenvalue weighted by Crippen LogP contribution is 2.11. The van der Waals surface area contributed by atoms with Gasteiger partial charge in [-0.2, -0.15) is 0 Å². The molecule has 18 heavy (non-hydrogen) atoms. The third kappa shape index (κ3) is 3.58. The minimum atomic E-state index is -3.83. The number of nitrogens with two attached hydrogens (primary N) is 1. The number of carbonyl (C=O) groups is 1. The van der Waals surface area contributed by atoms with Crippen molar-refractivity contribution in [3.8, 4) is 12.3 Å². The molecule has 0 aliphatic rings. The van der Waals surface area contributed by atoms with Gasteiger partial charge in [0.05, 0.1) is 10.4 Å².